The first-order valence-corrected chi connectivity index (χ1v) is 7.21. The monoisotopic (exact) mass is 315 g/mol. The summed E-state index contributed by atoms with van der Waals surface area (Å²) in [5.74, 6) is -0.0566. The number of pyridine rings is 1. The highest BCUT2D eigenvalue weighted by Crippen LogP contribution is 2.24. The van der Waals surface area contributed by atoms with Crippen molar-refractivity contribution in [2.75, 3.05) is 0 Å². The predicted molar refractivity (Wildman–Crippen MR) is 86.2 cm³/mol. The van der Waals surface area contributed by atoms with Crippen LogP contribution >= 0.6 is 23.2 Å². The summed E-state index contributed by atoms with van der Waals surface area (Å²) in [4.78, 5) is 16.8. The Balaban J connectivity index is 1.99. The van der Waals surface area contributed by atoms with Crippen molar-refractivity contribution < 1.29 is 4.79 Å². The second-order valence-electron chi connectivity index (χ2n) is 4.71. The molecule has 0 saturated carbocycles. The number of hydrogen-bond acceptors (Lipinski definition) is 2. The SMILES string of the molecule is O=C(Cc1ccnc2ccccc12)c1cc(Cl)ccc1Cl. The normalized spacial score (nSPS) is 10.8. The molecule has 3 rings (SSSR count). The van der Waals surface area contributed by atoms with Crippen LogP contribution in [-0.4, -0.2) is 10.8 Å². The lowest BCUT2D eigenvalue weighted by Crippen LogP contribution is -2.05. The van der Waals surface area contributed by atoms with Crippen molar-refractivity contribution in [1.82, 2.24) is 4.98 Å². The number of nitrogens with zero attached hydrogens (tertiary/aromatic N) is 1. The van der Waals surface area contributed by atoms with Crippen LogP contribution in [0.15, 0.2) is 54.7 Å². The molecule has 2 nitrogen and oxygen atoms in total. The van der Waals surface area contributed by atoms with E-state index in [9.17, 15) is 4.79 Å². The van der Waals surface area contributed by atoms with Gasteiger partial charge in [-0.05, 0) is 35.9 Å². The summed E-state index contributed by atoms with van der Waals surface area (Å²) in [6, 6.07) is 14.5. The molecule has 1 aromatic heterocycles. The van der Waals surface area contributed by atoms with Gasteiger partial charge in [-0.1, -0.05) is 41.4 Å². The summed E-state index contributed by atoms with van der Waals surface area (Å²) in [5.41, 5.74) is 2.26. The molecule has 4 heteroatoms. The summed E-state index contributed by atoms with van der Waals surface area (Å²) < 4.78 is 0. The zero-order valence-corrected chi connectivity index (χ0v) is 12.5. The van der Waals surface area contributed by atoms with E-state index in [2.05, 4.69) is 4.98 Å². The van der Waals surface area contributed by atoms with E-state index in [1.807, 2.05) is 30.3 Å². The number of rotatable bonds is 3. The molecule has 0 unspecified atom stereocenters. The molecule has 2 aromatic carbocycles. The Kier molecular flexibility index (Phi) is 3.91. The standard InChI is InChI=1S/C17H11Cl2NO/c18-12-5-6-15(19)14(10-12)17(21)9-11-7-8-20-16-4-2-1-3-13(11)16/h1-8,10H,9H2. The second-order valence-corrected chi connectivity index (χ2v) is 5.55. The molecule has 0 atom stereocenters. The van der Waals surface area contributed by atoms with E-state index in [0.29, 0.717) is 15.6 Å². The average molecular weight is 316 g/mol. The molecule has 0 fully saturated rings. The minimum Gasteiger partial charge on any atom is -0.294 e. The fourth-order valence-electron chi connectivity index (χ4n) is 2.29. The van der Waals surface area contributed by atoms with Crippen molar-refractivity contribution in [3.63, 3.8) is 0 Å². The molecule has 0 radical (unpaired) electrons. The zero-order chi connectivity index (χ0) is 14.8. The largest absolute Gasteiger partial charge is 0.294 e. The number of Topliss-reactive ketones (excluding diaryl/α,β-unsaturated/α-hetero) is 1. The molecular weight excluding hydrogens is 305 g/mol. The highest BCUT2D eigenvalue weighted by Gasteiger charge is 2.13. The molecule has 1 heterocycles. The first-order valence-electron chi connectivity index (χ1n) is 6.46. The third-order valence-electron chi connectivity index (χ3n) is 3.32. The van der Waals surface area contributed by atoms with Crippen molar-refractivity contribution in [3.05, 3.63) is 75.9 Å². The Morgan fingerprint density at radius 1 is 1.05 bits per heavy atom. The van der Waals surface area contributed by atoms with Gasteiger partial charge < -0.3 is 0 Å². The number of fused-ring (bicyclic) bond motifs is 1. The van der Waals surface area contributed by atoms with E-state index < -0.39 is 0 Å². The van der Waals surface area contributed by atoms with Crippen molar-refractivity contribution in [2.45, 2.75) is 6.42 Å². The minimum absolute atomic E-state index is 0.0566. The predicted octanol–water partition coefficient (Wildman–Crippen LogP) is 4.97. The van der Waals surface area contributed by atoms with Gasteiger partial charge in [-0.2, -0.15) is 0 Å². The Labute approximate surface area is 132 Å². The molecule has 21 heavy (non-hydrogen) atoms. The molecule has 0 spiro atoms. The molecule has 0 bridgehead atoms. The van der Waals surface area contributed by atoms with Gasteiger partial charge in [-0.3, -0.25) is 9.78 Å². The molecule has 0 aliphatic heterocycles. The second kappa shape index (κ2) is 5.84. The third kappa shape index (κ3) is 2.92. The first kappa shape index (κ1) is 14.1. The van der Waals surface area contributed by atoms with Crippen LogP contribution in [0.4, 0.5) is 0 Å². The molecule has 0 aliphatic rings. The number of halogens is 2. The maximum atomic E-state index is 12.5. The number of hydrogen-bond donors (Lipinski definition) is 0. The van der Waals surface area contributed by atoms with Crippen molar-refractivity contribution in [1.29, 1.82) is 0 Å². The van der Waals surface area contributed by atoms with E-state index >= 15 is 0 Å². The fraction of sp³-hybridized carbons (Fsp3) is 0.0588. The van der Waals surface area contributed by atoms with Gasteiger partial charge in [0, 0.05) is 28.6 Å². The lowest BCUT2D eigenvalue weighted by Gasteiger charge is -2.07. The molecule has 0 N–H and O–H groups in total. The first-order chi connectivity index (χ1) is 10.1. The fourth-order valence-corrected chi connectivity index (χ4v) is 2.68. The summed E-state index contributed by atoms with van der Waals surface area (Å²) in [6.07, 6.45) is 1.98. The average Bonchev–Trinajstić information content (AvgIpc) is 2.50. The van der Waals surface area contributed by atoms with Crippen molar-refractivity contribution in [2.24, 2.45) is 0 Å². The third-order valence-corrected chi connectivity index (χ3v) is 3.88. The van der Waals surface area contributed by atoms with Crippen LogP contribution in [-0.2, 0) is 6.42 Å². The van der Waals surface area contributed by atoms with Gasteiger partial charge in [-0.25, -0.2) is 0 Å². The molecule has 0 aliphatic carbocycles. The Morgan fingerprint density at radius 2 is 1.86 bits per heavy atom. The maximum absolute atomic E-state index is 12.5. The van der Waals surface area contributed by atoms with Crippen molar-refractivity contribution >= 4 is 39.9 Å². The molecule has 3 aromatic rings. The van der Waals surface area contributed by atoms with E-state index in [4.69, 9.17) is 23.2 Å². The van der Waals surface area contributed by atoms with Crippen LogP contribution in [0, 0.1) is 0 Å². The number of carbonyl (C=O) groups excluding carboxylic acids is 1. The van der Waals surface area contributed by atoms with Gasteiger partial charge in [0.2, 0.25) is 0 Å². The van der Waals surface area contributed by atoms with Crippen molar-refractivity contribution in [3.8, 4) is 0 Å². The van der Waals surface area contributed by atoms with Gasteiger partial charge >= 0.3 is 0 Å². The summed E-state index contributed by atoms with van der Waals surface area (Å²) in [7, 11) is 0. The Bertz CT molecular complexity index is 825. The van der Waals surface area contributed by atoms with E-state index in [0.717, 1.165) is 16.5 Å². The highest BCUT2D eigenvalue weighted by atomic mass is 35.5. The van der Waals surface area contributed by atoms with E-state index in [1.165, 1.54) is 0 Å². The minimum atomic E-state index is -0.0566. The summed E-state index contributed by atoms with van der Waals surface area (Å²) in [5, 5.41) is 1.90. The highest BCUT2D eigenvalue weighted by molar-refractivity contribution is 6.36. The maximum Gasteiger partial charge on any atom is 0.168 e. The number of ketones is 1. The number of aromatic nitrogens is 1. The zero-order valence-electron chi connectivity index (χ0n) is 11.0. The molecule has 0 saturated heterocycles. The molecule has 104 valence electrons. The molecular formula is C17H11Cl2NO. The number of carbonyl (C=O) groups is 1. The smallest absolute Gasteiger partial charge is 0.168 e. The van der Waals surface area contributed by atoms with Gasteiger partial charge in [0.05, 0.1) is 10.5 Å². The Morgan fingerprint density at radius 3 is 2.71 bits per heavy atom. The quantitative estimate of drug-likeness (QED) is 0.639. The van der Waals surface area contributed by atoms with Crippen LogP contribution in [0.1, 0.15) is 15.9 Å². The number of para-hydroxylation sites is 1. The summed E-state index contributed by atoms with van der Waals surface area (Å²) in [6.45, 7) is 0. The van der Waals surface area contributed by atoms with Gasteiger partial charge in [-0.15, -0.1) is 0 Å². The van der Waals surface area contributed by atoms with Crippen LogP contribution in [0.5, 0.6) is 0 Å². The summed E-state index contributed by atoms with van der Waals surface area (Å²) >= 11 is 12.0. The van der Waals surface area contributed by atoms with E-state index in [1.54, 1.807) is 24.4 Å². The van der Waals surface area contributed by atoms with Crippen LogP contribution in [0.2, 0.25) is 10.0 Å². The Hall–Kier alpha value is -1.90. The van der Waals surface area contributed by atoms with Gasteiger partial charge in [0.15, 0.2) is 5.78 Å². The molecule has 0 amide bonds. The van der Waals surface area contributed by atoms with Gasteiger partial charge in [0.25, 0.3) is 0 Å². The van der Waals surface area contributed by atoms with Crippen LogP contribution in [0.25, 0.3) is 10.9 Å². The number of benzene rings is 2. The van der Waals surface area contributed by atoms with Crippen LogP contribution in [0.3, 0.4) is 0 Å². The van der Waals surface area contributed by atoms with Crippen LogP contribution < -0.4 is 0 Å². The lowest BCUT2D eigenvalue weighted by molar-refractivity contribution is 0.0993. The lowest BCUT2D eigenvalue weighted by atomic mass is 10.00. The van der Waals surface area contributed by atoms with E-state index in [-0.39, 0.29) is 12.2 Å². The van der Waals surface area contributed by atoms with Gasteiger partial charge in [0.1, 0.15) is 0 Å². The topological polar surface area (TPSA) is 30.0 Å².